The zero-order chi connectivity index (χ0) is 38.6. The summed E-state index contributed by atoms with van der Waals surface area (Å²) in [6.45, 7) is 6.38. The monoisotopic (exact) mass is 760 g/mol. The highest BCUT2D eigenvalue weighted by Gasteiger charge is 1.95. The molecule has 0 aromatic carbocycles. The Morgan fingerprint density at radius 3 is 1.16 bits per heavy atom. The van der Waals surface area contributed by atoms with Gasteiger partial charge in [0.1, 0.15) is 0 Å². The maximum Gasteiger partial charge on any atom is 0.373 e. The Kier molecular flexibility index (Phi) is 61.1. The number of carbonyl (C=O) groups excluding carboxylic acids is 3. The van der Waals surface area contributed by atoms with Crippen molar-refractivity contribution < 1.29 is 19.1 Å². The van der Waals surface area contributed by atoms with E-state index >= 15 is 0 Å². The van der Waals surface area contributed by atoms with Crippen LogP contribution >= 0.6 is 15.9 Å². The molecular formula is C46H65BrO4. The minimum atomic E-state index is -0.204. The van der Waals surface area contributed by atoms with Crippen LogP contribution in [0.4, 0.5) is 0 Å². The van der Waals surface area contributed by atoms with E-state index in [9.17, 15) is 4.79 Å². The molecule has 0 fully saturated rings. The molecule has 0 saturated carbocycles. The van der Waals surface area contributed by atoms with Gasteiger partial charge in [0.25, 0.3) is 0 Å². The third-order valence-corrected chi connectivity index (χ3v) is 6.20. The summed E-state index contributed by atoms with van der Waals surface area (Å²) in [5.74, 6) is 8.30. The van der Waals surface area contributed by atoms with Crippen LogP contribution in [0.25, 0.3) is 0 Å². The molecule has 0 atom stereocenters. The maximum atomic E-state index is 10.9. The summed E-state index contributed by atoms with van der Waals surface area (Å²) in [4.78, 5) is 27.1. The molecule has 0 aromatic heterocycles. The Balaban J connectivity index is -0.000000368. The molecule has 51 heavy (non-hydrogen) atoms. The van der Waals surface area contributed by atoms with Crippen molar-refractivity contribution in [2.24, 2.45) is 0 Å². The fourth-order valence-electron chi connectivity index (χ4n) is 3.28. The fraction of sp³-hybridized carbons (Fsp3) is 0.435. The predicted molar refractivity (Wildman–Crippen MR) is 225 cm³/mol. The van der Waals surface area contributed by atoms with Crippen LogP contribution in [0.3, 0.4) is 0 Å². The molecule has 4 nitrogen and oxygen atoms in total. The minimum Gasteiger partial charge on any atom is -0.469 e. The molecule has 0 rings (SSSR count). The first-order chi connectivity index (χ1) is 25.1. The molecule has 0 amide bonds. The number of halogens is 1. The molecule has 0 bridgehead atoms. The molecule has 0 radical (unpaired) electrons. The fourth-order valence-corrected chi connectivity index (χ4v) is 3.54. The van der Waals surface area contributed by atoms with Gasteiger partial charge in [0.05, 0.1) is 13.5 Å². The van der Waals surface area contributed by atoms with Gasteiger partial charge in [-0.3, -0.25) is 4.79 Å². The van der Waals surface area contributed by atoms with Crippen molar-refractivity contribution in [2.45, 2.75) is 117 Å². The molecule has 0 N–H and O–H groups in total. The highest BCUT2D eigenvalue weighted by molar-refractivity contribution is 9.09. The Bertz CT molecular complexity index is 1150. The van der Waals surface area contributed by atoms with Crippen LogP contribution in [0.2, 0.25) is 0 Å². The summed E-state index contributed by atoms with van der Waals surface area (Å²) >= 11 is 3.35. The van der Waals surface area contributed by atoms with Gasteiger partial charge in [-0.15, -0.1) is 18.3 Å². The van der Waals surface area contributed by atoms with E-state index in [1.54, 1.807) is 0 Å². The van der Waals surface area contributed by atoms with Crippen LogP contribution < -0.4 is 0 Å². The van der Waals surface area contributed by atoms with E-state index in [4.69, 9.17) is 16.0 Å². The number of allylic oxidation sites excluding steroid dienone is 20. The SMILES string of the molecule is C#CCCC.CC/C=C\C/C=C\C/C=C\C/C=C\C/C=C\CBr.CC/C=C\C/C=C\C/C=C\C/C=C\C/C=C\CC#CCCC(=O)OC.O=C=O. The molecule has 0 spiro atoms. The maximum absolute atomic E-state index is 10.9. The van der Waals surface area contributed by atoms with E-state index in [2.05, 4.69) is 181 Å². The molecule has 0 aliphatic rings. The van der Waals surface area contributed by atoms with Crippen LogP contribution in [-0.4, -0.2) is 24.6 Å². The number of unbranched alkanes of at least 4 members (excludes halogenated alkanes) is 1. The first kappa shape index (κ1) is 53.6. The summed E-state index contributed by atoms with van der Waals surface area (Å²) in [6, 6.07) is 0. The Hall–Kier alpha value is -4.15. The zero-order valence-electron chi connectivity index (χ0n) is 31.9. The second kappa shape index (κ2) is 58.1. The molecule has 0 unspecified atom stereocenters. The van der Waals surface area contributed by atoms with Crippen molar-refractivity contribution in [3.05, 3.63) is 122 Å². The van der Waals surface area contributed by atoms with E-state index in [1.165, 1.54) is 7.11 Å². The second-order valence-corrected chi connectivity index (χ2v) is 10.9. The van der Waals surface area contributed by atoms with Gasteiger partial charge >= 0.3 is 12.1 Å². The van der Waals surface area contributed by atoms with Gasteiger partial charge in [0.2, 0.25) is 0 Å². The van der Waals surface area contributed by atoms with Crippen molar-refractivity contribution >= 4 is 28.1 Å². The average molecular weight is 762 g/mol. The van der Waals surface area contributed by atoms with Gasteiger partial charge in [0.15, 0.2) is 0 Å². The van der Waals surface area contributed by atoms with E-state index in [0.29, 0.717) is 12.8 Å². The van der Waals surface area contributed by atoms with Gasteiger partial charge < -0.3 is 4.74 Å². The molecule has 0 heterocycles. The molecular weight excluding hydrogens is 696 g/mol. The van der Waals surface area contributed by atoms with E-state index in [-0.39, 0.29) is 12.1 Å². The van der Waals surface area contributed by atoms with E-state index < -0.39 is 0 Å². The molecule has 0 saturated heterocycles. The highest BCUT2D eigenvalue weighted by Crippen LogP contribution is 1.97. The van der Waals surface area contributed by atoms with Crippen LogP contribution in [0, 0.1) is 24.2 Å². The van der Waals surface area contributed by atoms with Gasteiger partial charge in [-0.2, -0.15) is 9.59 Å². The summed E-state index contributed by atoms with van der Waals surface area (Å²) < 4.78 is 4.55. The van der Waals surface area contributed by atoms with Crippen molar-refractivity contribution in [1.29, 1.82) is 0 Å². The third kappa shape index (κ3) is 68.6. The number of carbonyl (C=O) groups is 1. The van der Waals surface area contributed by atoms with Crippen LogP contribution in [0.5, 0.6) is 0 Å². The largest absolute Gasteiger partial charge is 0.469 e. The van der Waals surface area contributed by atoms with Gasteiger partial charge in [-0.05, 0) is 70.6 Å². The zero-order valence-corrected chi connectivity index (χ0v) is 33.5. The van der Waals surface area contributed by atoms with Crippen LogP contribution in [0.15, 0.2) is 122 Å². The number of rotatable bonds is 23. The number of esters is 1. The normalized spacial score (nSPS) is 11.3. The number of ether oxygens (including phenoxy) is 1. The van der Waals surface area contributed by atoms with Crippen molar-refractivity contribution in [2.75, 3.05) is 12.4 Å². The minimum absolute atomic E-state index is 0.204. The van der Waals surface area contributed by atoms with Crippen molar-refractivity contribution in [1.82, 2.24) is 0 Å². The number of hydrogen-bond acceptors (Lipinski definition) is 4. The molecule has 0 aliphatic heterocycles. The standard InChI is InChI=1S/C23H32O2.C17H25Br.C5H8.CO2/c1-3-4-5-6-7-8-9-10-11-12-13-14-15-16-17-18-19-20-21-22-23(24)25-2;1-2-3-4-5-6-7-8-9-10-11-12-13-14-15-16-17-18;1-3-5-4-2;2-1-3/h4-5,7-8,10-11,13-14,16-17H,3,6,9,12,15,18,21-22H2,1-2H3;3-4,6-7,9-10,12-13,15-16H,2,5,8,11,14,17H2,1H3;1H,4-5H2,2H3;/b5-4-,8-7-,11-10-,14-13-,17-16-;4-3-,7-6-,10-9-,13-12-,16-15-;;. The third-order valence-electron chi connectivity index (χ3n) is 5.83. The topological polar surface area (TPSA) is 60.4 Å². The first-order valence-electron chi connectivity index (χ1n) is 18.1. The van der Waals surface area contributed by atoms with Crippen molar-refractivity contribution in [3.8, 4) is 24.2 Å². The summed E-state index contributed by atoms with van der Waals surface area (Å²) in [7, 11) is 1.40. The van der Waals surface area contributed by atoms with Gasteiger partial charge in [-0.1, -0.05) is 164 Å². The summed E-state index contributed by atoms with van der Waals surface area (Å²) in [6.07, 6.45) is 62.9. The molecule has 280 valence electrons. The highest BCUT2D eigenvalue weighted by atomic mass is 79.9. The first-order valence-corrected chi connectivity index (χ1v) is 19.2. The number of alkyl halides is 1. The van der Waals surface area contributed by atoms with Crippen LogP contribution in [-0.2, 0) is 19.1 Å². The summed E-state index contributed by atoms with van der Waals surface area (Å²) in [5, 5.41) is 0.945. The lowest BCUT2D eigenvalue weighted by molar-refractivity contribution is -0.191. The van der Waals surface area contributed by atoms with E-state index in [0.717, 1.165) is 88.8 Å². The number of terminal acetylenes is 1. The lowest BCUT2D eigenvalue weighted by Crippen LogP contribution is -1.98. The molecule has 0 aromatic rings. The van der Waals surface area contributed by atoms with Gasteiger partial charge in [0, 0.05) is 24.6 Å². The quantitative estimate of drug-likeness (QED) is 0.0450. The molecule has 0 aliphatic carbocycles. The summed E-state index contributed by atoms with van der Waals surface area (Å²) in [5.41, 5.74) is 0. The lowest BCUT2D eigenvalue weighted by Gasteiger charge is -1.91. The van der Waals surface area contributed by atoms with Gasteiger partial charge in [-0.25, -0.2) is 0 Å². The van der Waals surface area contributed by atoms with Crippen molar-refractivity contribution in [3.63, 3.8) is 0 Å². The number of hydrogen-bond donors (Lipinski definition) is 0. The van der Waals surface area contributed by atoms with Crippen LogP contribution in [0.1, 0.15) is 117 Å². The lowest BCUT2D eigenvalue weighted by atomic mass is 10.2. The Morgan fingerprint density at radius 2 is 0.882 bits per heavy atom. The Morgan fingerprint density at radius 1 is 0.549 bits per heavy atom. The average Bonchev–Trinajstić information content (AvgIpc) is 3.14. The molecule has 5 heteroatoms. The number of methoxy groups -OCH3 is 1. The van der Waals surface area contributed by atoms with E-state index in [1.807, 2.05) is 0 Å². The second-order valence-electron chi connectivity index (χ2n) is 10.2. The Labute approximate surface area is 321 Å². The smallest absolute Gasteiger partial charge is 0.373 e. The predicted octanol–water partition coefficient (Wildman–Crippen LogP) is 13.1.